The van der Waals surface area contributed by atoms with Gasteiger partial charge < -0.3 is 81.6 Å². The summed E-state index contributed by atoms with van der Waals surface area (Å²) in [5.74, 6) is -2.93. The number of carbonyl (C=O) groups is 1. The normalized spacial score (nSPS) is 57.9. The highest BCUT2D eigenvalue weighted by Crippen LogP contribution is 2.56. The number of carbonyl (C=O) groups excluding carboxylic acids is 1. The van der Waals surface area contributed by atoms with Gasteiger partial charge in [-0.3, -0.25) is 4.79 Å². The van der Waals surface area contributed by atoms with Gasteiger partial charge in [0.25, 0.3) is 0 Å². The van der Waals surface area contributed by atoms with Crippen LogP contribution in [0.5, 0.6) is 0 Å². The fourth-order valence-electron chi connectivity index (χ4n) is 17.3. The SMILES string of the molecule is C=C1C[C@@H]2CC[C@]34C[C@@H](O)C(O3)[C@H]3C[C@@H](O4)[C@H]4O[C@H](CC[C@@H]4O3)CC(=O)O[C@H]3C(CC4O[C@@H](CCC1O2)C[C@@H](C)C4=C)O[C@H]1C[C@H]2O[C@@]4(CC5O[C@]6(C[C@H](C)C7OC(CO)C(O)CC7O6)C[C@H](C)C5O4)C[C@H]2O[C@H]1[C@@H]3C. The van der Waals surface area contributed by atoms with Gasteiger partial charge in [0.1, 0.15) is 24.4 Å². The Labute approximate surface area is 446 Å². The third-order valence-electron chi connectivity index (χ3n) is 21.0. The molecule has 0 aliphatic carbocycles. The monoisotopic (exact) mass is 1070 g/mol. The Morgan fingerprint density at radius 3 is 1.99 bits per heavy atom. The average molecular weight is 1070 g/mol. The smallest absolute Gasteiger partial charge is 0.308 e. The fraction of sp³-hybridized carbons (Fsp3) is 0.914. The Morgan fingerprint density at radius 1 is 0.487 bits per heavy atom. The zero-order valence-corrected chi connectivity index (χ0v) is 44.9. The lowest BCUT2D eigenvalue weighted by atomic mass is 9.78. The lowest BCUT2D eigenvalue weighted by Gasteiger charge is -2.54. The molecule has 10 bridgehead atoms. The molecule has 76 heavy (non-hydrogen) atoms. The van der Waals surface area contributed by atoms with Gasteiger partial charge >= 0.3 is 5.97 Å². The zero-order chi connectivity index (χ0) is 52.2. The van der Waals surface area contributed by atoms with Gasteiger partial charge in [-0.2, -0.15) is 0 Å². The van der Waals surface area contributed by atoms with Crippen LogP contribution in [0.1, 0.15) is 143 Å². The summed E-state index contributed by atoms with van der Waals surface area (Å²) >= 11 is 0. The molecule has 14 aliphatic rings. The van der Waals surface area contributed by atoms with E-state index in [2.05, 4.69) is 40.9 Å². The molecule has 14 fully saturated rings. The highest BCUT2D eigenvalue weighted by atomic mass is 16.8. The van der Waals surface area contributed by atoms with E-state index in [1.807, 2.05) is 0 Å². The minimum atomic E-state index is -0.992. The number of rotatable bonds is 1. The molecular weight excluding hydrogens is 985 g/mol. The maximum absolute atomic E-state index is 14.5. The van der Waals surface area contributed by atoms with E-state index in [1.165, 1.54) is 0 Å². The molecule has 3 N–H and O–H groups in total. The molecule has 0 aromatic rings. The van der Waals surface area contributed by atoms with Crippen LogP contribution >= 0.6 is 0 Å². The van der Waals surface area contributed by atoms with Gasteiger partial charge in [0, 0.05) is 70.1 Å². The van der Waals surface area contributed by atoms with Crippen molar-refractivity contribution in [3.63, 3.8) is 0 Å². The van der Waals surface area contributed by atoms with Gasteiger partial charge in [0.15, 0.2) is 17.4 Å². The summed E-state index contributed by atoms with van der Waals surface area (Å²) in [6.07, 6.45) is 2.24. The fourth-order valence-corrected chi connectivity index (χ4v) is 17.3. The minimum Gasteiger partial charge on any atom is -0.459 e. The number of hydrogen-bond acceptors (Lipinski definition) is 18. The summed E-state index contributed by atoms with van der Waals surface area (Å²) in [7, 11) is 0. The van der Waals surface area contributed by atoms with Crippen LogP contribution in [-0.2, 0) is 71.1 Å². The Kier molecular flexibility index (Phi) is 13.6. The topological polar surface area (TPSA) is 207 Å². The van der Waals surface area contributed by atoms with Crippen molar-refractivity contribution in [2.45, 2.75) is 301 Å². The molecule has 14 saturated heterocycles. The molecule has 0 amide bonds. The van der Waals surface area contributed by atoms with Crippen LogP contribution in [-0.4, -0.2) is 186 Å². The van der Waals surface area contributed by atoms with Crippen molar-refractivity contribution >= 4 is 5.97 Å². The van der Waals surface area contributed by atoms with E-state index in [-0.39, 0.29) is 134 Å². The lowest BCUT2D eigenvalue weighted by Crippen LogP contribution is -2.62. The summed E-state index contributed by atoms with van der Waals surface area (Å²) in [5, 5.41) is 31.9. The maximum atomic E-state index is 14.5. The molecule has 0 saturated carbocycles. The Balaban J connectivity index is 0.695. The van der Waals surface area contributed by atoms with E-state index < -0.39 is 66.2 Å². The summed E-state index contributed by atoms with van der Waals surface area (Å²) < 4.78 is 95.9. The van der Waals surface area contributed by atoms with Crippen molar-refractivity contribution in [3.05, 3.63) is 24.3 Å². The first-order valence-corrected chi connectivity index (χ1v) is 29.7. The summed E-state index contributed by atoms with van der Waals surface area (Å²) in [6.45, 7) is 17.5. The Hall–Kier alpha value is -1.69. The number of esters is 1. The van der Waals surface area contributed by atoms with Crippen molar-refractivity contribution < 1.29 is 86.4 Å². The first-order valence-electron chi connectivity index (χ1n) is 29.7. The van der Waals surface area contributed by atoms with Gasteiger partial charge in [-0.05, 0) is 73.8 Å². The van der Waals surface area contributed by atoms with Gasteiger partial charge in [-0.15, -0.1) is 0 Å². The first kappa shape index (κ1) is 52.4. The van der Waals surface area contributed by atoms with E-state index in [1.54, 1.807) is 0 Å². The van der Waals surface area contributed by atoms with Gasteiger partial charge in [0.05, 0.1) is 129 Å². The molecular formula is C58H84O18. The molecule has 10 unspecified atom stereocenters. The maximum Gasteiger partial charge on any atom is 0.308 e. The molecule has 3 spiro atoms. The number of ether oxygens (including phenoxy) is 14. The quantitative estimate of drug-likeness (QED) is 0.229. The molecule has 18 nitrogen and oxygen atoms in total. The van der Waals surface area contributed by atoms with E-state index in [0.29, 0.717) is 83.5 Å². The lowest BCUT2D eigenvalue weighted by molar-refractivity contribution is -0.371. The largest absolute Gasteiger partial charge is 0.459 e. The number of aliphatic hydroxyl groups excluding tert-OH is 3. The van der Waals surface area contributed by atoms with Crippen molar-refractivity contribution in [2.24, 2.45) is 23.7 Å². The van der Waals surface area contributed by atoms with Crippen LogP contribution < -0.4 is 0 Å². The van der Waals surface area contributed by atoms with Crippen molar-refractivity contribution in [1.82, 2.24) is 0 Å². The molecule has 0 aromatic carbocycles. The molecule has 14 aliphatic heterocycles. The number of hydrogen-bond donors (Lipinski definition) is 3. The van der Waals surface area contributed by atoms with Crippen LogP contribution in [0.2, 0.25) is 0 Å². The van der Waals surface area contributed by atoms with Gasteiger partial charge in [0.2, 0.25) is 0 Å². The standard InChI is InChI=1S/C58H84O18/c1-26-13-32-7-9-37-27(2)14-34(63-37)11-12-56-22-36(61)54(76-56)43-19-45(72-56)55-38(66-43)10-8-33(65-55)15-49(62)70-53-31(6)52-42(67-41(53)17-39(64-32)30(26)5)18-40-46(68-52)23-58(71-40)24-47-51(75-58)29(4)21-57(74-47)20-28(3)50-44(73-57)16-35(60)48(25-59)69-50/h26,28-29,31-48,50-55,59-61H,2,5,7-25H2,1,3-4,6H3/t26-,28+,29+,31+,32+,33-,34+,35?,36-,37?,38+,39?,40-,41?,42+,43-,44?,45-,46-,47?,48?,50?,51?,52+,53-,54?,55+,56-,57-,58+/m1/s1. The van der Waals surface area contributed by atoms with Gasteiger partial charge in [-0.25, -0.2) is 0 Å². The molecule has 14 heterocycles. The first-order chi connectivity index (χ1) is 36.5. The van der Waals surface area contributed by atoms with Crippen LogP contribution in [0.25, 0.3) is 0 Å². The van der Waals surface area contributed by atoms with E-state index in [9.17, 15) is 20.1 Å². The highest BCUT2D eigenvalue weighted by Gasteiger charge is 2.66. The second-order valence-electron chi connectivity index (χ2n) is 26.5. The molecule has 424 valence electrons. The third-order valence-corrected chi connectivity index (χ3v) is 21.0. The van der Waals surface area contributed by atoms with Crippen LogP contribution in [0.3, 0.4) is 0 Å². The second-order valence-corrected chi connectivity index (χ2v) is 26.5. The van der Waals surface area contributed by atoms with Crippen molar-refractivity contribution in [3.8, 4) is 0 Å². The summed E-state index contributed by atoms with van der Waals surface area (Å²) in [5.41, 5.74) is 2.12. The van der Waals surface area contributed by atoms with Crippen LogP contribution in [0.4, 0.5) is 0 Å². The summed E-state index contributed by atoms with van der Waals surface area (Å²) in [6, 6.07) is 0. The van der Waals surface area contributed by atoms with Crippen LogP contribution in [0.15, 0.2) is 24.3 Å². The van der Waals surface area contributed by atoms with Crippen molar-refractivity contribution in [2.75, 3.05) is 6.61 Å². The predicted octanol–water partition coefficient (Wildman–Crippen LogP) is 5.16. The minimum absolute atomic E-state index is 0.0312. The highest BCUT2D eigenvalue weighted by molar-refractivity contribution is 5.70. The Morgan fingerprint density at radius 2 is 1.14 bits per heavy atom. The van der Waals surface area contributed by atoms with E-state index in [0.717, 1.165) is 36.8 Å². The molecule has 30 atom stereocenters. The van der Waals surface area contributed by atoms with Gasteiger partial charge in [-0.1, -0.05) is 40.9 Å². The molecule has 14 rings (SSSR count). The number of fused-ring (bicyclic) bond motifs is 13. The van der Waals surface area contributed by atoms with E-state index in [4.69, 9.17) is 66.3 Å². The second kappa shape index (κ2) is 19.8. The summed E-state index contributed by atoms with van der Waals surface area (Å²) in [4.78, 5) is 14.5. The average Bonchev–Trinajstić information content (AvgIpc) is 4.12. The zero-order valence-electron chi connectivity index (χ0n) is 44.9. The predicted molar refractivity (Wildman–Crippen MR) is 265 cm³/mol. The number of aliphatic hydroxyl groups is 3. The van der Waals surface area contributed by atoms with Crippen molar-refractivity contribution in [1.29, 1.82) is 0 Å². The Bertz CT molecular complexity index is 2220. The molecule has 0 radical (unpaired) electrons. The molecule has 18 heteroatoms. The molecule has 0 aromatic heterocycles. The third kappa shape index (κ3) is 9.26. The van der Waals surface area contributed by atoms with Crippen LogP contribution in [0, 0.1) is 23.7 Å². The van der Waals surface area contributed by atoms with E-state index >= 15 is 0 Å².